The van der Waals surface area contributed by atoms with Crippen molar-refractivity contribution < 1.29 is 9.53 Å². The number of hydrogen-bond donors (Lipinski definition) is 4. The predicted octanol–water partition coefficient (Wildman–Crippen LogP) is 3.45. The van der Waals surface area contributed by atoms with E-state index in [4.69, 9.17) is 16.3 Å². The van der Waals surface area contributed by atoms with E-state index >= 15 is 0 Å². The molecule has 2 amide bonds. The lowest BCUT2D eigenvalue weighted by molar-refractivity contribution is 0.254. The maximum atomic E-state index is 11.3. The Morgan fingerprint density at radius 1 is 1.23 bits per heavy atom. The minimum atomic E-state index is -0.341. The first kappa shape index (κ1) is 17.5. The van der Waals surface area contributed by atoms with Gasteiger partial charge in [0.05, 0.1) is 11.2 Å². The van der Waals surface area contributed by atoms with Crippen molar-refractivity contribution in [1.82, 2.24) is 25.5 Å². The zero-order valence-corrected chi connectivity index (χ0v) is 14.8. The van der Waals surface area contributed by atoms with E-state index in [1.54, 1.807) is 36.5 Å². The average Bonchev–Trinajstić information content (AvgIpc) is 3.09. The summed E-state index contributed by atoms with van der Waals surface area (Å²) in [6.07, 6.45) is 1.63. The Morgan fingerprint density at radius 2 is 2.08 bits per heavy atom. The van der Waals surface area contributed by atoms with E-state index in [-0.39, 0.29) is 12.0 Å². The number of benzene rings is 1. The molecule has 0 spiro atoms. The molecule has 0 aliphatic heterocycles. The number of aromatic nitrogens is 4. The van der Waals surface area contributed by atoms with Gasteiger partial charge in [0.1, 0.15) is 17.4 Å². The number of amides is 2. The lowest BCUT2D eigenvalue weighted by atomic mass is 10.3. The number of anilines is 3. The maximum Gasteiger partial charge on any atom is 0.324 e. The minimum absolute atomic E-state index is 0.140. The highest BCUT2D eigenvalue weighted by Gasteiger charge is 2.10. The summed E-state index contributed by atoms with van der Waals surface area (Å²) in [5.41, 5.74) is 1.25. The van der Waals surface area contributed by atoms with Gasteiger partial charge in [-0.15, -0.1) is 0 Å². The summed E-state index contributed by atoms with van der Waals surface area (Å²) in [5.74, 6) is 1.61. The third kappa shape index (κ3) is 4.39. The van der Waals surface area contributed by atoms with Crippen LogP contribution >= 0.6 is 11.6 Å². The molecule has 0 saturated heterocycles. The molecule has 0 aliphatic rings. The van der Waals surface area contributed by atoms with Crippen molar-refractivity contribution in [3.05, 3.63) is 47.2 Å². The van der Waals surface area contributed by atoms with E-state index in [9.17, 15) is 4.79 Å². The molecule has 2 heterocycles. The highest BCUT2D eigenvalue weighted by Crippen LogP contribution is 2.31. The molecule has 0 radical (unpaired) electrons. The number of ether oxygens (including phenoxy) is 1. The van der Waals surface area contributed by atoms with Crippen LogP contribution in [0.15, 0.2) is 36.5 Å². The van der Waals surface area contributed by atoms with Crippen LogP contribution in [0.25, 0.3) is 0 Å². The van der Waals surface area contributed by atoms with Crippen LogP contribution in [0.3, 0.4) is 0 Å². The first-order valence-electron chi connectivity index (χ1n) is 7.61. The van der Waals surface area contributed by atoms with Crippen LogP contribution < -0.4 is 20.7 Å². The molecule has 3 aromatic rings. The van der Waals surface area contributed by atoms with Gasteiger partial charge in [-0.1, -0.05) is 11.6 Å². The number of urea groups is 1. The number of halogens is 1. The fraction of sp³-hybridized carbons (Fsp3) is 0.125. The van der Waals surface area contributed by atoms with Gasteiger partial charge in [0.15, 0.2) is 0 Å². The van der Waals surface area contributed by atoms with Crippen molar-refractivity contribution in [2.24, 2.45) is 0 Å². The number of carbonyl (C=O) groups is 1. The molecule has 9 nitrogen and oxygen atoms in total. The van der Waals surface area contributed by atoms with Gasteiger partial charge in [-0.05, 0) is 25.1 Å². The number of aryl methyl sites for hydroxylation is 1. The Kier molecular flexibility index (Phi) is 5.18. The Labute approximate surface area is 154 Å². The Bertz CT molecular complexity index is 915. The summed E-state index contributed by atoms with van der Waals surface area (Å²) in [6.45, 7) is 1.82. The quantitative estimate of drug-likeness (QED) is 0.544. The first-order chi connectivity index (χ1) is 12.5. The van der Waals surface area contributed by atoms with Gasteiger partial charge in [-0.25, -0.2) is 9.78 Å². The van der Waals surface area contributed by atoms with Gasteiger partial charge in [-0.2, -0.15) is 10.1 Å². The molecular formula is C16H16ClN7O2. The normalized spacial score (nSPS) is 10.3. The molecule has 0 fully saturated rings. The van der Waals surface area contributed by atoms with E-state index in [1.807, 2.05) is 6.92 Å². The number of rotatable bonds is 5. The summed E-state index contributed by atoms with van der Waals surface area (Å²) in [4.78, 5) is 19.9. The average molecular weight is 374 g/mol. The fourth-order valence-electron chi connectivity index (χ4n) is 2.07. The van der Waals surface area contributed by atoms with Crippen molar-refractivity contribution in [2.75, 3.05) is 17.7 Å². The number of hydrogen-bond acceptors (Lipinski definition) is 6. The molecule has 4 N–H and O–H groups in total. The van der Waals surface area contributed by atoms with Gasteiger partial charge in [0.25, 0.3) is 0 Å². The standard InChI is InChI=1S/C16H16ClN7O2/c1-9-7-14(22-13-5-6-19-24-13)23-16(20-9)26-12-4-3-10(8-11(12)17)21-15(25)18-2/h3-8H,1-2H3,(H2,18,21,25)(H2,19,20,22,23,24). The predicted molar refractivity (Wildman–Crippen MR) is 98.2 cm³/mol. The van der Waals surface area contributed by atoms with E-state index in [1.165, 1.54) is 7.05 Å². The summed E-state index contributed by atoms with van der Waals surface area (Å²) in [7, 11) is 1.53. The molecular weight excluding hydrogens is 358 g/mol. The Hall–Kier alpha value is -3.33. The van der Waals surface area contributed by atoms with E-state index in [0.717, 1.165) is 0 Å². The van der Waals surface area contributed by atoms with Crippen LogP contribution in [-0.2, 0) is 0 Å². The number of H-pyrrole nitrogens is 1. The zero-order valence-electron chi connectivity index (χ0n) is 14.0. The fourth-order valence-corrected chi connectivity index (χ4v) is 2.29. The Morgan fingerprint density at radius 3 is 2.77 bits per heavy atom. The van der Waals surface area contributed by atoms with Crippen molar-refractivity contribution in [1.29, 1.82) is 0 Å². The molecule has 0 atom stereocenters. The van der Waals surface area contributed by atoms with Crippen LogP contribution in [-0.4, -0.2) is 33.2 Å². The smallest absolute Gasteiger partial charge is 0.324 e. The summed E-state index contributed by atoms with van der Waals surface area (Å²) >= 11 is 6.22. The van der Waals surface area contributed by atoms with Gasteiger partial charge < -0.3 is 20.7 Å². The lowest BCUT2D eigenvalue weighted by Crippen LogP contribution is -2.24. The molecule has 0 saturated carbocycles. The largest absolute Gasteiger partial charge is 0.423 e. The van der Waals surface area contributed by atoms with Gasteiger partial charge >= 0.3 is 12.0 Å². The SMILES string of the molecule is CNC(=O)Nc1ccc(Oc2nc(C)cc(Nc3ccn[nH]3)n2)c(Cl)c1. The second kappa shape index (κ2) is 7.70. The van der Waals surface area contributed by atoms with Crippen LogP contribution in [0.2, 0.25) is 5.02 Å². The highest BCUT2D eigenvalue weighted by molar-refractivity contribution is 6.32. The third-order valence-corrected chi connectivity index (χ3v) is 3.51. The van der Waals surface area contributed by atoms with E-state index in [0.29, 0.717) is 33.8 Å². The van der Waals surface area contributed by atoms with Crippen molar-refractivity contribution in [3.8, 4) is 11.8 Å². The van der Waals surface area contributed by atoms with Crippen molar-refractivity contribution >= 4 is 35.0 Å². The van der Waals surface area contributed by atoms with E-state index in [2.05, 4.69) is 36.1 Å². The van der Waals surface area contributed by atoms with Gasteiger partial charge in [0, 0.05) is 30.6 Å². The molecule has 10 heteroatoms. The van der Waals surface area contributed by atoms with Crippen LogP contribution in [0.1, 0.15) is 5.69 Å². The van der Waals surface area contributed by atoms with Crippen molar-refractivity contribution in [3.63, 3.8) is 0 Å². The maximum absolute atomic E-state index is 11.3. The molecule has 1 aromatic carbocycles. The molecule has 134 valence electrons. The monoisotopic (exact) mass is 373 g/mol. The molecule has 2 aromatic heterocycles. The molecule has 3 rings (SSSR count). The third-order valence-electron chi connectivity index (χ3n) is 3.22. The first-order valence-corrected chi connectivity index (χ1v) is 7.99. The number of carbonyl (C=O) groups excluding carboxylic acids is 1. The van der Waals surface area contributed by atoms with Crippen LogP contribution in [0, 0.1) is 6.92 Å². The van der Waals surface area contributed by atoms with Gasteiger partial charge in [-0.3, -0.25) is 5.10 Å². The summed E-state index contributed by atoms with van der Waals surface area (Å²) in [6, 6.07) is 8.20. The minimum Gasteiger partial charge on any atom is -0.423 e. The van der Waals surface area contributed by atoms with Crippen molar-refractivity contribution in [2.45, 2.75) is 6.92 Å². The molecule has 0 aliphatic carbocycles. The zero-order chi connectivity index (χ0) is 18.5. The number of nitrogens with one attached hydrogen (secondary N) is 4. The van der Waals surface area contributed by atoms with Crippen LogP contribution in [0.4, 0.5) is 22.1 Å². The topological polar surface area (TPSA) is 117 Å². The molecule has 0 bridgehead atoms. The molecule has 0 unspecified atom stereocenters. The number of nitrogens with zero attached hydrogens (tertiary/aromatic N) is 3. The Balaban J connectivity index is 1.78. The van der Waals surface area contributed by atoms with Crippen LogP contribution in [0.5, 0.6) is 11.8 Å². The van der Waals surface area contributed by atoms with E-state index < -0.39 is 0 Å². The second-order valence-corrected chi connectivity index (χ2v) is 5.63. The number of aromatic amines is 1. The summed E-state index contributed by atoms with van der Waals surface area (Å²) < 4.78 is 5.69. The molecule has 26 heavy (non-hydrogen) atoms. The summed E-state index contributed by atoms with van der Waals surface area (Å²) in [5, 5.41) is 15.1. The lowest BCUT2D eigenvalue weighted by Gasteiger charge is -2.10. The van der Waals surface area contributed by atoms with Gasteiger partial charge in [0.2, 0.25) is 0 Å². The highest BCUT2D eigenvalue weighted by atomic mass is 35.5. The second-order valence-electron chi connectivity index (χ2n) is 5.22.